The Morgan fingerprint density at radius 1 is 1.35 bits per heavy atom. The van der Waals surface area contributed by atoms with Gasteiger partial charge in [-0.15, -0.1) is 0 Å². The summed E-state index contributed by atoms with van der Waals surface area (Å²) in [5, 5.41) is 6.19. The molecular weight excluding hydrogens is 280 g/mol. The number of hydrogen-bond donors (Lipinski definition) is 2. The predicted octanol–water partition coefficient (Wildman–Crippen LogP) is 2.30. The lowest BCUT2D eigenvalue weighted by Crippen LogP contribution is -2.19. The van der Waals surface area contributed by atoms with Crippen LogP contribution >= 0.6 is 11.6 Å². The summed E-state index contributed by atoms with van der Waals surface area (Å²) in [4.78, 5) is 11.7. The van der Waals surface area contributed by atoms with Gasteiger partial charge >= 0.3 is 0 Å². The van der Waals surface area contributed by atoms with E-state index in [0.29, 0.717) is 49.2 Å². The van der Waals surface area contributed by atoms with Crippen LogP contribution in [0.4, 0.5) is 5.69 Å². The van der Waals surface area contributed by atoms with E-state index in [0.717, 1.165) is 0 Å². The van der Waals surface area contributed by atoms with Crippen LogP contribution in [0.25, 0.3) is 0 Å². The first kappa shape index (κ1) is 16.8. The lowest BCUT2D eigenvalue weighted by molar-refractivity contribution is -0.116. The summed E-state index contributed by atoms with van der Waals surface area (Å²) in [6, 6.07) is 5.26. The molecule has 6 heteroatoms. The van der Waals surface area contributed by atoms with Crippen molar-refractivity contribution >= 4 is 23.2 Å². The van der Waals surface area contributed by atoms with Crippen molar-refractivity contribution in [1.29, 1.82) is 0 Å². The quantitative estimate of drug-likeness (QED) is 0.687. The molecular formula is C14H21ClN2O3. The zero-order valence-electron chi connectivity index (χ0n) is 11.9. The molecule has 0 bridgehead atoms. The number of hydrogen-bond acceptors (Lipinski definition) is 4. The minimum Gasteiger partial charge on any atom is -0.487 e. The van der Waals surface area contributed by atoms with Gasteiger partial charge in [-0.05, 0) is 26.1 Å². The largest absolute Gasteiger partial charge is 0.487 e. The van der Waals surface area contributed by atoms with Crippen molar-refractivity contribution in [1.82, 2.24) is 5.32 Å². The van der Waals surface area contributed by atoms with E-state index in [4.69, 9.17) is 21.1 Å². The Labute approximate surface area is 124 Å². The number of benzene rings is 1. The van der Waals surface area contributed by atoms with Crippen LogP contribution in [0.1, 0.15) is 13.3 Å². The molecule has 20 heavy (non-hydrogen) atoms. The van der Waals surface area contributed by atoms with Crippen LogP contribution in [0, 0.1) is 0 Å². The van der Waals surface area contributed by atoms with Gasteiger partial charge in [-0.25, -0.2) is 0 Å². The molecule has 0 spiro atoms. The second-order valence-corrected chi connectivity index (χ2v) is 4.47. The minimum absolute atomic E-state index is 0.0868. The van der Waals surface area contributed by atoms with Gasteiger partial charge in [0.25, 0.3) is 0 Å². The molecule has 1 rings (SSSR count). The second kappa shape index (κ2) is 9.58. The van der Waals surface area contributed by atoms with Gasteiger partial charge in [0, 0.05) is 19.6 Å². The van der Waals surface area contributed by atoms with Gasteiger partial charge in [0.2, 0.25) is 5.91 Å². The zero-order chi connectivity index (χ0) is 14.8. The van der Waals surface area contributed by atoms with Gasteiger partial charge in [-0.3, -0.25) is 4.79 Å². The fourth-order valence-electron chi connectivity index (χ4n) is 1.55. The van der Waals surface area contributed by atoms with E-state index in [9.17, 15) is 4.79 Å². The number of rotatable bonds is 9. The fraction of sp³-hybridized carbons (Fsp3) is 0.500. The molecule has 0 radical (unpaired) electrons. The van der Waals surface area contributed by atoms with Crippen molar-refractivity contribution < 1.29 is 14.3 Å². The normalized spacial score (nSPS) is 10.3. The Bertz CT molecular complexity index is 427. The predicted molar refractivity (Wildman–Crippen MR) is 80.6 cm³/mol. The Morgan fingerprint density at radius 3 is 2.85 bits per heavy atom. The molecule has 0 aliphatic rings. The van der Waals surface area contributed by atoms with Crippen LogP contribution in [0.5, 0.6) is 5.75 Å². The topological polar surface area (TPSA) is 59.6 Å². The second-order valence-electron chi connectivity index (χ2n) is 4.06. The molecule has 0 heterocycles. The highest BCUT2D eigenvalue weighted by molar-refractivity contribution is 6.32. The summed E-state index contributed by atoms with van der Waals surface area (Å²) in [5.41, 5.74) is 0.579. The van der Waals surface area contributed by atoms with Crippen LogP contribution in [0.3, 0.4) is 0 Å². The summed E-state index contributed by atoms with van der Waals surface area (Å²) in [7, 11) is 1.80. The van der Waals surface area contributed by atoms with E-state index in [1.165, 1.54) is 0 Å². The van der Waals surface area contributed by atoms with Gasteiger partial charge in [0.05, 0.1) is 17.3 Å². The molecule has 0 aliphatic carbocycles. The van der Waals surface area contributed by atoms with Crippen molar-refractivity contribution in [3.05, 3.63) is 23.2 Å². The number of amides is 1. The number of para-hydroxylation sites is 1. The average Bonchev–Trinajstić information content (AvgIpc) is 2.43. The molecule has 0 saturated heterocycles. The Hall–Kier alpha value is -1.30. The standard InChI is InChI=1S/C14H21ClN2O3/c1-3-19-9-10-20-14-11(15)5-4-6-12(14)17-13(18)7-8-16-2/h4-6,16H,3,7-10H2,1-2H3,(H,17,18). The van der Waals surface area contributed by atoms with Crippen LogP contribution < -0.4 is 15.4 Å². The smallest absolute Gasteiger partial charge is 0.225 e. The van der Waals surface area contributed by atoms with E-state index in [2.05, 4.69) is 10.6 Å². The number of ether oxygens (including phenoxy) is 2. The Balaban J connectivity index is 2.64. The number of anilines is 1. The lowest BCUT2D eigenvalue weighted by atomic mass is 10.2. The Kier molecular flexibility index (Phi) is 8.02. The molecule has 0 fully saturated rings. The Morgan fingerprint density at radius 2 is 2.15 bits per heavy atom. The molecule has 0 unspecified atom stereocenters. The third-order valence-corrected chi connectivity index (χ3v) is 2.82. The van der Waals surface area contributed by atoms with E-state index in [1.54, 1.807) is 25.2 Å². The van der Waals surface area contributed by atoms with Crippen LogP contribution in [0.15, 0.2) is 18.2 Å². The van der Waals surface area contributed by atoms with Gasteiger partial charge in [-0.2, -0.15) is 0 Å². The highest BCUT2D eigenvalue weighted by Gasteiger charge is 2.11. The van der Waals surface area contributed by atoms with Gasteiger partial charge in [-0.1, -0.05) is 17.7 Å². The first-order chi connectivity index (χ1) is 9.69. The molecule has 0 aromatic heterocycles. The van der Waals surface area contributed by atoms with E-state index in [-0.39, 0.29) is 5.91 Å². The maximum Gasteiger partial charge on any atom is 0.225 e. The number of nitrogens with one attached hydrogen (secondary N) is 2. The van der Waals surface area contributed by atoms with Gasteiger partial charge in [0.1, 0.15) is 6.61 Å². The van der Waals surface area contributed by atoms with Crippen LogP contribution in [0.2, 0.25) is 5.02 Å². The van der Waals surface area contributed by atoms with E-state index < -0.39 is 0 Å². The highest BCUT2D eigenvalue weighted by atomic mass is 35.5. The molecule has 0 saturated carbocycles. The van der Waals surface area contributed by atoms with Crippen LogP contribution in [-0.2, 0) is 9.53 Å². The third-order valence-electron chi connectivity index (χ3n) is 2.52. The lowest BCUT2D eigenvalue weighted by Gasteiger charge is -2.14. The molecule has 5 nitrogen and oxygen atoms in total. The van der Waals surface area contributed by atoms with Gasteiger partial charge < -0.3 is 20.1 Å². The van der Waals surface area contributed by atoms with Crippen molar-refractivity contribution in [3.63, 3.8) is 0 Å². The first-order valence-corrected chi connectivity index (χ1v) is 7.00. The molecule has 0 aliphatic heterocycles. The summed E-state index contributed by atoms with van der Waals surface area (Å²) in [6.45, 7) is 4.04. The number of carbonyl (C=O) groups is 1. The van der Waals surface area contributed by atoms with E-state index >= 15 is 0 Å². The van der Waals surface area contributed by atoms with Crippen molar-refractivity contribution in [2.75, 3.05) is 38.7 Å². The summed E-state index contributed by atoms with van der Waals surface area (Å²) < 4.78 is 10.8. The highest BCUT2D eigenvalue weighted by Crippen LogP contribution is 2.32. The maximum absolute atomic E-state index is 11.7. The van der Waals surface area contributed by atoms with Gasteiger partial charge in [0.15, 0.2) is 5.75 Å². The summed E-state index contributed by atoms with van der Waals surface area (Å²) >= 11 is 6.10. The summed E-state index contributed by atoms with van der Waals surface area (Å²) in [6.07, 6.45) is 0.390. The molecule has 1 aromatic carbocycles. The van der Waals surface area contributed by atoms with Crippen molar-refractivity contribution in [3.8, 4) is 5.75 Å². The van der Waals surface area contributed by atoms with Crippen LogP contribution in [-0.4, -0.2) is 39.3 Å². The molecule has 2 N–H and O–H groups in total. The fourth-order valence-corrected chi connectivity index (χ4v) is 1.78. The SMILES string of the molecule is CCOCCOc1c(Cl)cccc1NC(=O)CCNC. The molecule has 1 amide bonds. The minimum atomic E-state index is -0.0868. The summed E-state index contributed by atoms with van der Waals surface area (Å²) in [5.74, 6) is 0.392. The number of carbonyl (C=O) groups excluding carboxylic acids is 1. The third kappa shape index (κ3) is 5.77. The van der Waals surface area contributed by atoms with Crippen molar-refractivity contribution in [2.24, 2.45) is 0 Å². The average molecular weight is 301 g/mol. The maximum atomic E-state index is 11.7. The monoisotopic (exact) mass is 300 g/mol. The zero-order valence-corrected chi connectivity index (χ0v) is 12.6. The molecule has 0 atom stereocenters. The molecule has 112 valence electrons. The molecule has 1 aromatic rings. The van der Waals surface area contributed by atoms with Crippen molar-refractivity contribution in [2.45, 2.75) is 13.3 Å². The first-order valence-electron chi connectivity index (χ1n) is 6.62. The number of halogens is 1. The van der Waals surface area contributed by atoms with E-state index in [1.807, 2.05) is 6.92 Å².